The first kappa shape index (κ1) is 13.5. The molecule has 0 saturated heterocycles. The van der Waals surface area contributed by atoms with Gasteiger partial charge in [0.15, 0.2) is 0 Å². The van der Waals surface area contributed by atoms with Crippen LogP contribution < -0.4 is 10.5 Å². The van der Waals surface area contributed by atoms with Crippen LogP contribution in [0.3, 0.4) is 0 Å². The number of hydrogen-bond donors (Lipinski definition) is 2. The standard InChI is InChI=1S/C11H15N5O2S/c1-8(12)9-3-5-10(6-4-9)19(17,18)15-11-13-7-14-16(11)2/h3-8H,12H2,1-2H3,(H,13,14,15). The lowest BCUT2D eigenvalue weighted by Gasteiger charge is -2.09. The highest BCUT2D eigenvalue weighted by atomic mass is 32.2. The zero-order valence-electron chi connectivity index (χ0n) is 10.6. The van der Waals surface area contributed by atoms with Crippen LogP contribution in [-0.2, 0) is 17.1 Å². The fourth-order valence-electron chi connectivity index (χ4n) is 1.52. The summed E-state index contributed by atoms with van der Waals surface area (Å²) < 4.78 is 27.9. The molecule has 3 N–H and O–H groups in total. The predicted octanol–water partition coefficient (Wildman–Crippen LogP) is 0.636. The number of aromatic nitrogens is 3. The molecule has 0 fully saturated rings. The molecule has 102 valence electrons. The van der Waals surface area contributed by atoms with Crippen molar-refractivity contribution in [3.63, 3.8) is 0 Å². The highest BCUT2D eigenvalue weighted by Gasteiger charge is 2.16. The van der Waals surface area contributed by atoms with Crippen LogP contribution >= 0.6 is 0 Å². The Balaban J connectivity index is 2.27. The second-order valence-electron chi connectivity index (χ2n) is 4.17. The SMILES string of the molecule is CC(N)c1ccc(S(=O)(=O)Nc2ncnn2C)cc1. The molecule has 0 spiro atoms. The van der Waals surface area contributed by atoms with Gasteiger partial charge in [-0.05, 0) is 24.6 Å². The van der Waals surface area contributed by atoms with Crippen LogP contribution in [0.5, 0.6) is 0 Å². The summed E-state index contributed by atoms with van der Waals surface area (Å²) in [4.78, 5) is 3.97. The minimum absolute atomic E-state index is 0.136. The van der Waals surface area contributed by atoms with E-state index in [1.54, 1.807) is 19.2 Å². The average molecular weight is 281 g/mol. The van der Waals surface area contributed by atoms with E-state index in [1.807, 2.05) is 6.92 Å². The Kier molecular flexibility index (Phi) is 3.54. The lowest BCUT2D eigenvalue weighted by molar-refractivity contribution is 0.600. The number of hydrogen-bond acceptors (Lipinski definition) is 5. The van der Waals surface area contributed by atoms with E-state index in [9.17, 15) is 8.42 Å². The summed E-state index contributed by atoms with van der Waals surface area (Å²) in [5.74, 6) is 0.163. The van der Waals surface area contributed by atoms with Crippen LogP contribution in [0.2, 0.25) is 0 Å². The summed E-state index contributed by atoms with van der Waals surface area (Å²) in [6.07, 6.45) is 1.27. The second kappa shape index (κ2) is 4.98. The molecule has 8 heteroatoms. The predicted molar refractivity (Wildman–Crippen MR) is 70.9 cm³/mol. The van der Waals surface area contributed by atoms with E-state index in [1.165, 1.54) is 23.1 Å². The number of nitrogens with two attached hydrogens (primary N) is 1. The summed E-state index contributed by atoms with van der Waals surface area (Å²) in [7, 11) is -2.06. The third kappa shape index (κ3) is 2.91. The van der Waals surface area contributed by atoms with Gasteiger partial charge in [-0.15, -0.1) is 0 Å². The Labute approximate surface area is 111 Å². The van der Waals surface area contributed by atoms with Crippen molar-refractivity contribution >= 4 is 16.0 Å². The molecule has 0 aliphatic rings. The topological polar surface area (TPSA) is 103 Å². The van der Waals surface area contributed by atoms with Crippen LogP contribution in [0.1, 0.15) is 18.5 Å². The first-order valence-corrected chi connectivity index (χ1v) is 7.11. The van der Waals surface area contributed by atoms with Gasteiger partial charge in [-0.25, -0.2) is 17.8 Å². The number of benzene rings is 1. The lowest BCUT2D eigenvalue weighted by atomic mass is 10.1. The van der Waals surface area contributed by atoms with Crippen molar-refractivity contribution in [2.45, 2.75) is 17.9 Å². The second-order valence-corrected chi connectivity index (χ2v) is 5.85. The summed E-state index contributed by atoms with van der Waals surface area (Å²) in [5, 5.41) is 3.79. The molecule has 0 aliphatic heterocycles. The first-order chi connectivity index (χ1) is 8.90. The van der Waals surface area contributed by atoms with Crippen molar-refractivity contribution in [1.82, 2.24) is 14.8 Å². The van der Waals surface area contributed by atoms with Crippen molar-refractivity contribution in [2.75, 3.05) is 4.72 Å². The van der Waals surface area contributed by atoms with Crippen molar-refractivity contribution in [1.29, 1.82) is 0 Å². The molecule has 1 aromatic carbocycles. The van der Waals surface area contributed by atoms with E-state index in [0.717, 1.165) is 5.56 Å². The molecule has 0 radical (unpaired) electrons. The first-order valence-electron chi connectivity index (χ1n) is 5.62. The third-order valence-corrected chi connectivity index (χ3v) is 4.00. The molecule has 0 saturated carbocycles. The molecule has 1 atom stereocenters. The van der Waals surface area contributed by atoms with Gasteiger partial charge in [-0.2, -0.15) is 10.1 Å². The highest BCUT2D eigenvalue weighted by Crippen LogP contribution is 2.16. The van der Waals surface area contributed by atoms with E-state index < -0.39 is 10.0 Å². The van der Waals surface area contributed by atoms with Gasteiger partial charge in [0.2, 0.25) is 5.95 Å². The van der Waals surface area contributed by atoms with E-state index in [0.29, 0.717) is 0 Å². The van der Waals surface area contributed by atoms with Gasteiger partial charge >= 0.3 is 0 Å². The third-order valence-electron chi connectivity index (χ3n) is 2.65. The minimum atomic E-state index is -3.66. The number of rotatable bonds is 4. The Morgan fingerprint density at radius 2 is 1.95 bits per heavy atom. The molecule has 2 rings (SSSR count). The van der Waals surface area contributed by atoms with Gasteiger partial charge in [0.25, 0.3) is 10.0 Å². The zero-order valence-corrected chi connectivity index (χ0v) is 11.4. The summed E-state index contributed by atoms with van der Waals surface area (Å²) in [6, 6.07) is 6.27. The van der Waals surface area contributed by atoms with Gasteiger partial charge in [-0.1, -0.05) is 12.1 Å². The molecule has 1 heterocycles. The molecule has 0 bridgehead atoms. The molecular weight excluding hydrogens is 266 g/mol. The number of anilines is 1. The molecule has 2 aromatic rings. The fourth-order valence-corrected chi connectivity index (χ4v) is 2.56. The number of aryl methyl sites for hydroxylation is 1. The molecule has 0 aliphatic carbocycles. The molecule has 0 amide bonds. The molecule has 7 nitrogen and oxygen atoms in total. The fraction of sp³-hybridized carbons (Fsp3) is 0.273. The monoisotopic (exact) mass is 281 g/mol. The Hall–Kier alpha value is -1.93. The maximum atomic E-state index is 12.1. The van der Waals surface area contributed by atoms with Crippen LogP contribution in [-0.4, -0.2) is 23.2 Å². The minimum Gasteiger partial charge on any atom is -0.324 e. The van der Waals surface area contributed by atoms with Gasteiger partial charge in [0.1, 0.15) is 6.33 Å². The van der Waals surface area contributed by atoms with Crippen LogP contribution in [0.25, 0.3) is 0 Å². The number of nitrogens with zero attached hydrogens (tertiary/aromatic N) is 3. The van der Waals surface area contributed by atoms with Crippen LogP contribution in [0, 0.1) is 0 Å². The average Bonchev–Trinajstić information content (AvgIpc) is 2.74. The zero-order chi connectivity index (χ0) is 14.0. The largest absolute Gasteiger partial charge is 0.324 e. The van der Waals surface area contributed by atoms with Gasteiger partial charge in [0.05, 0.1) is 4.90 Å². The van der Waals surface area contributed by atoms with Crippen molar-refractivity contribution in [2.24, 2.45) is 12.8 Å². The van der Waals surface area contributed by atoms with Crippen LogP contribution in [0.4, 0.5) is 5.95 Å². The summed E-state index contributed by atoms with van der Waals surface area (Å²) in [5.41, 5.74) is 6.59. The number of nitrogens with one attached hydrogen (secondary N) is 1. The lowest BCUT2D eigenvalue weighted by Crippen LogP contribution is -2.16. The highest BCUT2D eigenvalue weighted by molar-refractivity contribution is 7.92. The van der Waals surface area contributed by atoms with Gasteiger partial charge in [0, 0.05) is 13.1 Å². The maximum Gasteiger partial charge on any atom is 0.264 e. The molecule has 19 heavy (non-hydrogen) atoms. The molecular formula is C11H15N5O2S. The normalized spacial score (nSPS) is 13.2. The van der Waals surface area contributed by atoms with E-state index in [-0.39, 0.29) is 16.9 Å². The quantitative estimate of drug-likeness (QED) is 0.855. The Bertz CT molecular complexity index is 661. The number of sulfonamides is 1. The van der Waals surface area contributed by atoms with Crippen molar-refractivity contribution < 1.29 is 8.42 Å². The van der Waals surface area contributed by atoms with E-state index >= 15 is 0 Å². The smallest absolute Gasteiger partial charge is 0.264 e. The van der Waals surface area contributed by atoms with E-state index in [2.05, 4.69) is 14.8 Å². The molecule has 1 unspecified atom stereocenters. The molecule has 1 aromatic heterocycles. The van der Waals surface area contributed by atoms with E-state index in [4.69, 9.17) is 5.73 Å². The van der Waals surface area contributed by atoms with Crippen LogP contribution in [0.15, 0.2) is 35.5 Å². The van der Waals surface area contributed by atoms with Crippen molar-refractivity contribution in [3.8, 4) is 0 Å². The summed E-state index contributed by atoms with van der Waals surface area (Å²) in [6.45, 7) is 1.83. The van der Waals surface area contributed by atoms with Gasteiger partial charge in [-0.3, -0.25) is 0 Å². The van der Waals surface area contributed by atoms with Gasteiger partial charge < -0.3 is 5.73 Å². The Morgan fingerprint density at radius 1 is 1.32 bits per heavy atom. The summed E-state index contributed by atoms with van der Waals surface area (Å²) >= 11 is 0. The maximum absolute atomic E-state index is 12.1. The van der Waals surface area contributed by atoms with Crippen molar-refractivity contribution in [3.05, 3.63) is 36.2 Å². The Morgan fingerprint density at radius 3 is 2.42 bits per heavy atom.